The Morgan fingerprint density at radius 1 is 1.47 bits per heavy atom. The van der Waals surface area contributed by atoms with Crippen molar-refractivity contribution in [3.05, 3.63) is 18.1 Å². The van der Waals surface area contributed by atoms with Crippen LogP contribution in [0.1, 0.15) is 31.3 Å². The van der Waals surface area contributed by atoms with Gasteiger partial charge < -0.3 is 15.0 Å². The highest BCUT2D eigenvalue weighted by molar-refractivity contribution is 5.92. The van der Waals surface area contributed by atoms with Crippen LogP contribution in [0.5, 0.6) is 0 Å². The Bertz CT molecular complexity index is 411. The Kier molecular flexibility index (Phi) is 6.21. The molecule has 0 bridgehead atoms. The molecule has 1 unspecified atom stereocenters. The molecule has 1 aromatic heterocycles. The molecular weight excluding hydrogens is 244 g/mol. The van der Waals surface area contributed by atoms with Crippen molar-refractivity contribution in [2.24, 2.45) is 0 Å². The van der Waals surface area contributed by atoms with Crippen LogP contribution in [0.2, 0.25) is 0 Å². The summed E-state index contributed by atoms with van der Waals surface area (Å²) in [6.45, 7) is 7.70. The van der Waals surface area contributed by atoms with E-state index in [2.05, 4.69) is 15.3 Å². The summed E-state index contributed by atoms with van der Waals surface area (Å²) in [6, 6.07) is 0.00657. The van der Waals surface area contributed by atoms with E-state index in [-0.39, 0.29) is 11.9 Å². The third-order valence-electron chi connectivity index (χ3n) is 2.75. The smallest absolute Gasteiger partial charge is 0.274 e. The van der Waals surface area contributed by atoms with Crippen LogP contribution >= 0.6 is 0 Å². The predicted molar refractivity (Wildman–Crippen MR) is 74.2 cm³/mol. The lowest BCUT2D eigenvalue weighted by Crippen LogP contribution is -2.41. The van der Waals surface area contributed by atoms with Crippen LogP contribution in [0.25, 0.3) is 0 Å². The van der Waals surface area contributed by atoms with E-state index in [0.29, 0.717) is 24.7 Å². The molecule has 1 rings (SSSR count). The number of nitrogens with zero attached hydrogens (tertiary/aromatic N) is 3. The average Bonchev–Trinajstić information content (AvgIpc) is 2.40. The molecule has 1 N–H and O–H groups in total. The van der Waals surface area contributed by atoms with E-state index in [1.165, 1.54) is 6.20 Å². The zero-order valence-electron chi connectivity index (χ0n) is 12.0. The van der Waals surface area contributed by atoms with Gasteiger partial charge in [0, 0.05) is 20.2 Å². The Labute approximate surface area is 114 Å². The molecular formula is C13H22N4O2. The van der Waals surface area contributed by atoms with Gasteiger partial charge >= 0.3 is 0 Å². The molecule has 0 aliphatic carbocycles. The lowest BCUT2D eigenvalue weighted by molar-refractivity contribution is 0.0573. The quantitative estimate of drug-likeness (QED) is 0.808. The average molecular weight is 266 g/mol. The van der Waals surface area contributed by atoms with Crippen LogP contribution in [-0.2, 0) is 4.74 Å². The van der Waals surface area contributed by atoms with Gasteiger partial charge in [-0.15, -0.1) is 0 Å². The number of rotatable bonds is 7. The highest BCUT2D eigenvalue weighted by Gasteiger charge is 2.21. The molecule has 0 aliphatic heterocycles. The number of carbonyl (C=O) groups is 1. The van der Waals surface area contributed by atoms with E-state index in [4.69, 9.17) is 4.74 Å². The highest BCUT2D eigenvalue weighted by Crippen LogP contribution is 2.08. The minimum atomic E-state index is -0.126. The fourth-order valence-corrected chi connectivity index (χ4v) is 1.87. The summed E-state index contributed by atoms with van der Waals surface area (Å²) >= 11 is 0. The van der Waals surface area contributed by atoms with Crippen molar-refractivity contribution in [3.8, 4) is 0 Å². The zero-order valence-corrected chi connectivity index (χ0v) is 12.0. The number of anilines is 1. The summed E-state index contributed by atoms with van der Waals surface area (Å²) in [4.78, 5) is 22.4. The number of ether oxygens (including phenoxy) is 1. The molecule has 19 heavy (non-hydrogen) atoms. The monoisotopic (exact) mass is 266 g/mol. The van der Waals surface area contributed by atoms with Crippen molar-refractivity contribution in [1.82, 2.24) is 14.9 Å². The van der Waals surface area contributed by atoms with Gasteiger partial charge in [-0.2, -0.15) is 0 Å². The van der Waals surface area contributed by atoms with Crippen molar-refractivity contribution in [3.63, 3.8) is 0 Å². The number of hydrogen-bond donors (Lipinski definition) is 1. The van der Waals surface area contributed by atoms with Gasteiger partial charge in [-0.3, -0.25) is 9.78 Å². The van der Waals surface area contributed by atoms with Crippen LogP contribution in [0.4, 0.5) is 5.82 Å². The molecule has 0 saturated heterocycles. The number of aromatic nitrogens is 2. The largest absolute Gasteiger partial charge is 0.383 e. The SMILES string of the molecule is CCNc1cncc(C(=O)N(CC)C(C)COC)n1. The van der Waals surface area contributed by atoms with E-state index < -0.39 is 0 Å². The number of methoxy groups -OCH3 is 1. The van der Waals surface area contributed by atoms with E-state index >= 15 is 0 Å². The van der Waals surface area contributed by atoms with Crippen molar-refractivity contribution in [2.45, 2.75) is 26.8 Å². The fraction of sp³-hybridized carbons (Fsp3) is 0.615. The van der Waals surface area contributed by atoms with E-state index in [9.17, 15) is 4.79 Å². The van der Waals surface area contributed by atoms with Gasteiger partial charge in [-0.1, -0.05) is 0 Å². The number of amides is 1. The lowest BCUT2D eigenvalue weighted by atomic mass is 10.2. The Morgan fingerprint density at radius 2 is 2.21 bits per heavy atom. The Hall–Kier alpha value is -1.69. The minimum absolute atomic E-state index is 0.00657. The molecule has 1 amide bonds. The Morgan fingerprint density at radius 3 is 2.79 bits per heavy atom. The highest BCUT2D eigenvalue weighted by atomic mass is 16.5. The summed E-state index contributed by atoms with van der Waals surface area (Å²) < 4.78 is 5.09. The van der Waals surface area contributed by atoms with Gasteiger partial charge in [0.1, 0.15) is 11.5 Å². The number of nitrogens with one attached hydrogen (secondary N) is 1. The molecule has 0 aliphatic rings. The van der Waals surface area contributed by atoms with Crippen LogP contribution in [0.15, 0.2) is 12.4 Å². The van der Waals surface area contributed by atoms with Crippen LogP contribution in [-0.4, -0.2) is 53.6 Å². The first-order valence-electron chi connectivity index (χ1n) is 6.49. The summed E-state index contributed by atoms with van der Waals surface area (Å²) in [5.41, 5.74) is 0.350. The molecule has 1 atom stereocenters. The van der Waals surface area contributed by atoms with Crippen molar-refractivity contribution in [2.75, 3.05) is 32.1 Å². The zero-order chi connectivity index (χ0) is 14.3. The Balaban J connectivity index is 2.87. The van der Waals surface area contributed by atoms with Crippen molar-refractivity contribution < 1.29 is 9.53 Å². The second-order valence-corrected chi connectivity index (χ2v) is 4.22. The lowest BCUT2D eigenvalue weighted by Gasteiger charge is -2.27. The fourth-order valence-electron chi connectivity index (χ4n) is 1.87. The van der Waals surface area contributed by atoms with E-state index in [0.717, 1.165) is 6.54 Å². The van der Waals surface area contributed by atoms with E-state index in [1.54, 1.807) is 18.2 Å². The predicted octanol–water partition coefficient (Wildman–Crippen LogP) is 1.41. The number of hydrogen-bond acceptors (Lipinski definition) is 5. The maximum Gasteiger partial charge on any atom is 0.274 e. The first kappa shape index (κ1) is 15.4. The molecule has 0 aromatic carbocycles. The molecule has 6 nitrogen and oxygen atoms in total. The molecule has 106 valence electrons. The molecule has 6 heteroatoms. The molecule has 0 fully saturated rings. The van der Waals surface area contributed by atoms with Crippen LogP contribution in [0, 0.1) is 0 Å². The summed E-state index contributed by atoms with van der Waals surface area (Å²) in [7, 11) is 1.63. The summed E-state index contributed by atoms with van der Waals surface area (Å²) in [5.74, 6) is 0.489. The first-order valence-corrected chi connectivity index (χ1v) is 6.49. The molecule has 0 saturated carbocycles. The van der Waals surface area contributed by atoms with Gasteiger partial charge in [-0.05, 0) is 20.8 Å². The number of carbonyl (C=O) groups excluding carboxylic acids is 1. The first-order chi connectivity index (χ1) is 9.13. The summed E-state index contributed by atoms with van der Waals surface area (Å²) in [5, 5.41) is 3.05. The maximum atomic E-state index is 12.4. The molecule has 0 radical (unpaired) electrons. The normalized spacial score (nSPS) is 12.0. The minimum Gasteiger partial charge on any atom is -0.383 e. The maximum absolute atomic E-state index is 12.4. The van der Waals surface area contributed by atoms with Gasteiger partial charge in [0.05, 0.1) is 25.0 Å². The van der Waals surface area contributed by atoms with Gasteiger partial charge in [0.15, 0.2) is 0 Å². The third-order valence-corrected chi connectivity index (χ3v) is 2.75. The topological polar surface area (TPSA) is 67.4 Å². The summed E-state index contributed by atoms with van der Waals surface area (Å²) in [6.07, 6.45) is 3.10. The third kappa shape index (κ3) is 4.17. The molecule has 1 heterocycles. The second kappa shape index (κ2) is 7.68. The van der Waals surface area contributed by atoms with Crippen molar-refractivity contribution in [1.29, 1.82) is 0 Å². The van der Waals surface area contributed by atoms with Crippen LogP contribution in [0.3, 0.4) is 0 Å². The van der Waals surface area contributed by atoms with Crippen LogP contribution < -0.4 is 5.32 Å². The van der Waals surface area contributed by atoms with E-state index in [1.807, 2.05) is 20.8 Å². The molecule has 0 spiro atoms. The van der Waals surface area contributed by atoms with Gasteiger partial charge in [-0.25, -0.2) is 4.98 Å². The molecule has 1 aromatic rings. The number of likely N-dealkylation sites (N-methyl/N-ethyl adjacent to an activating group) is 1. The van der Waals surface area contributed by atoms with Gasteiger partial charge in [0.2, 0.25) is 0 Å². The standard InChI is InChI=1S/C13H22N4O2/c1-5-15-12-8-14-7-11(16-12)13(18)17(6-2)10(3)9-19-4/h7-8,10H,5-6,9H2,1-4H3,(H,15,16). The van der Waals surface area contributed by atoms with Crippen molar-refractivity contribution >= 4 is 11.7 Å². The second-order valence-electron chi connectivity index (χ2n) is 4.22. The van der Waals surface area contributed by atoms with Gasteiger partial charge in [0.25, 0.3) is 5.91 Å².